The summed E-state index contributed by atoms with van der Waals surface area (Å²) in [4.78, 5) is 11.2. The van der Waals surface area contributed by atoms with E-state index in [1.54, 1.807) is 6.08 Å². The van der Waals surface area contributed by atoms with Crippen LogP contribution in [0.15, 0.2) is 11.6 Å². The molecular formula is C13H15NO2. The highest BCUT2D eigenvalue weighted by atomic mass is 16.5. The Morgan fingerprint density at radius 1 is 1.69 bits per heavy atom. The molecule has 4 rings (SSSR count). The quantitative estimate of drug-likeness (QED) is 0.631. The van der Waals surface area contributed by atoms with Crippen LogP contribution in [0.4, 0.5) is 0 Å². The van der Waals surface area contributed by atoms with Crippen molar-refractivity contribution in [3.05, 3.63) is 11.6 Å². The number of nitriles is 1. The third-order valence-electron chi connectivity index (χ3n) is 4.49. The Labute approximate surface area is 95.1 Å². The van der Waals surface area contributed by atoms with Crippen molar-refractivity contribution in [1.82, 2.24) is 0 Å². The average molecular weight is 217 g/mol. The van der Waals surface area contributed by atoms with E-state index >= 15 is 0 Å². The SMILES string of the molecule is CC(=O)C=C1C2CC3CC1(C#N)CC3(C)O2. The normalized spacial score (nSPS) is 50.9. The largest absolute Gasteiger partial charge is 0.367 e. The van der Waals surface area contributed by atoms with Crippen molar-refractivity contribution in [2.45, 2.75) is 44.8 Å². The van der Waals surface area contributed by atoms with Gasteiger partial charge in [-0.15, -0.1) is 0 Å². The maximum absolute atomic E-state index is 11.2. The summed E-state index contributed by atoms with van der Waals surface area (Å²) in [7, 11) is 0. The zero-order chi connectivity index (χ0) is 11.6. The second kappa shape index (κ2) is 2.75. The lowest BCUT2D eigenvalue weighted by Gasteiger charge is -2.38. The fourth-order valence-electron chi connectivity index (χ4n) is 3.87. The zero-order valence-corrected chi connectivity index (χ0v) is 9.62. The molecular weight excluding hydrogens is 202 g/mol. The van der Waals surface area contributed by atoms with Gasteiger partial charge < -0.3 is 4.74 Å². The van der Waals surface area contributed by atoms with Crippen LogP contribution in [0.25, 0.3) is 0 Å². The molecule has 4 atom stereocenters. The van der Waals surface area contributed by atoms with E-state index in [4.69, 9.17) is 4.74 Å². The predicted octanol–water partition coefficient (Wildman–Crippen LogP) is 1.98. The molecule has 0 amide bonds. The summed E-state index contributed by atoms with van der Waals surface area (Å²) in [6, 6.07) is 2.45. The Hall–Kier alpha value is -1.14. The number of ketones is 1. The number of allylic oxidation sites excluding steroid dienone is 1. The van der Waals surface area contributed by atoms with E-state index in [9.17, 15) is 10.1 Å². The van der Waals surface area contributed by atoms with Crippen LogP contribution in [0.2, 0.25) is 0 Å². The number of rotatable bonds is 1. The summed E-state index contributed by atoms with van der Waals surface area (Å²) < 4.78 is 6.01. The molecule has 4 unspecified atom stereocenters. The molecule has 4 aliphatic rings. The summed E-state index contributed by atoms with van der Waals surface area (Å²) >= 11 is 0. The molecule has 4 fully saturated rings. The topological polar surface area (TPSA) is 50.1 Å². The standard InChI is InChI=1S/C13H15NO2/c1-8(15)3-10-11-4-9-5-13(10,7-14)6-12(9,2)16-11/h3,9,11H,4-6H2,1-2H3. The lowest BCUT2D eigenvalue weighted by atomic mass is 9.71. The van der Waals surface area contributed by atoms with Crippen LogP contribution in [0, 0.1) is 22.7 Å². The molecule has 2 aliphatic carbocycles. The molecule has 0 N–H and O–H groups in total. The van der Waals surface area contributed by atoms with Crippen molar-refractivity contribution >= 4 is 5.78 Å². The van der Waals surface area contributed by atoms with Crippen LogP contribution in [0.3, 0.4) is 0 Å². The van der Waals surface area contributed by atoms with Gasteiger partial charge >= 0.3 is 0 Å². The van der Waals surface area contributed by atoms with Crippen molar-refractivity contribution in [1.29, 1.82) is 5.26 Å². The molecule has 0 radical (unpaired) electrons. The first-order valence-electron chi connectivity index (χ1n) is 5.81. The van der Waals surface area contributed by atoms with E-state index in [-0.39, 0.29) is 17.5 Å². The summed E-state index contributed by atoms with van der Waals surface area (Å²) in [5.74, 6) is 0.522. The van der Waals surface area contributed by atoms with E-state index in [2.05, 4.69) is 13.0 Å². The van der Waals surface area contributed by atoms with Crippen LogP contribution in [-0.2, 0) is 9.53 Å². The minimum Gasteiger partial charge on any atom is -0.367 e. The molecule has 84 valence electrons. The molecule has 2 saturated carbocycles. The lowest BCUT2D eigenvalue weighted by Crippen LogP contribution is -2.38. The third kappa shape index (κ3) is 1.03. The predicted molar refractivity (Wildman–Crippen MR) is 57.4 cm³/mol. The minimum atomic E-state index is -0.410. The molecule has 4 bridgehead atoms. The van der Waals surface area contributed by atoms with E-state index < -0.39 is 5.41 Å². The van der Waals surface area contributed by atoms with Crippen LogP contribution in [-0.4, -0.2) is 17.5 Å². The van der Waals surface area contributed by atoms with Crippen LogP contribution in [0.5, 0.6) is 0 Å². The monoisotopic (exact) mass is 217 g/mol. The Morgan fingerprint density at radius 3 is 3.00 bits per heavy atom. The van der Waals surface area contributed by atoms with E-state index in [1.165, 1.54) is 6.92 Å². The number of carbonyl (C=O) groups excluding carboxylic acids is 1. The number of ether oxygens (including phenoxy) is 1. The molecule has 0 spiro atoms. The number of hydrogen-bond donors (Lipinski definition) is 0. The highest BCUT2D eigenvalue weighted by Gasteiger charge is 2.66. The summed E-state index contributed by atoms with van der Waals surface area (Å²) in [6.07, 6.45) is 4.27. The molecule has 3 nitrogen and oxygen atoms in total. The maximum Gasteiger partial charge on any atom is 0.152 e. The molecule has 2 aliphatic heterocycles. The van der Waals surface area contributed by atoms with E-state index in [0.29, 0.717) is 5.92 Å². The van der Waals surface area contributed by atoms with Crippen LogP contribution in [0.1, 0.15) is 33.1 Å². The molecule has 2 saturated heterocycles. The van der Waals surface area contributed by atoms with Gasteiger partial charge in [0.05, 0.1) is 23.2 Å². The highest BCUT2D eigenvalue weighted by Crippen LogP contribution is 2.65. The number of carbonyl (C=O) groups is 1. The molecule has 16 heavy (non-hydrogen) atoms. The van der Waals surface area contributed by atoms with Gasteiger partial charge in [-0.1, -0.05) is 0 Å². The van der Waals surface area contributed by atoms with Crippen molar-refractivity contribution in [2.75, 3.05) is 0 Å². The molecule has 0 aromatic rings. The Morgan fingerprint density at radius 2 is 2.44 bits per heavy atom. The van der Waals surface area contributed by atoms with Crippen molar-refractivity contribution in [3.63, 3.8) is 0 Å². The van der Waals surface area contributed by atoms with Crippen molar-refractivity contribution < 1.29 is 9.53 Å². The molecule has 0 aromatic carbocycles. The first-order chi connectivity index (χ1) is 7.49. The van der Waals surface area contributed by atoms with Gasteiger partial charge in [-0.05, 0) is 50.7 Å². The Bertz CT molecular complexity index is 447. The van der Waals surface area contributed by atoms with Crippen molar-refractivity contribution in [2.24, 2.45) is 11.3 Å². The summed E-state index contributed by atoms with van der Waals surface area (Å²) in [5, 5.41) is 9.45. The zero-order valence-electron chi connectivity index (χ0n) is 9.62. The number of nitrogens with zero attached hydrogens (tertiary/aromatic N) is 1. The van der Waals surface area contributed by atoms with Gasteiger partial charge in [0.15, 0.2) is 5.78 Å². The second-order valence-corrected chi connectivity index (χ2v) is 5.64. The molecule has 2 heterocycles. The lowest BCUT2D eigenvalue weighted by molar-refractivity contribution is -0.113. The van der Waals surface area contributed by atoms with Gasteiger partial charge in [0.2, 0.25) is 0 Å². The first kappa shape index (κ1) is 10.0. The fraction of sp³-hybridized carbons (Fsp3) is 0.692. The van der Waals surface area contributed by atoms with E-state index in [0.717, 1.165) is 24.8 Å². The Kier molecular flexibility index (Phi) is 1.73. The molecule has 0 aromatic heterocycles. The second-order valence-electron chi connectivity index (χ2n) is 5.64. The highest BCUT2D eigenvalue weighted by molar-refractivity contribution is 5.88. The van der Waals surface area contributed by atoms with Gasteiger partial charge in [0.1, 0.15) is 0 Å². The summed E-state index contributed by atoms with van der Waals surface area (Å²) in [5.41, 5.74) is 0.412. The van der Waals surface area contributed by atoms with Gasteiger partial charge in [-0.3, -0.25) is 4.79 Å². The Balaban J connectivity index is 2.10. The average Bonchev–Trinajstić information content (AvgIpc) is 2.57. The third-order valence-corrected chi connectivity index (χ3v) is 4.49. The fourth-order valence-corrected chi connectivity index (χ4v) is 3.87. The minimum absolute atomic E-state index is 0.0149. The van der Waals surface area contributed by atoms with Gasteiger partial charge in [-0.25, -0.2) is 0 Å². The first-order valence-corrected chi connectivity index (χ1v) is 5.81. The van der Waals surface area contributed by atoms with Crippen LogP contribution < -0.4 is 0 Å². The summed E-state index contributed by atoms with van der Waals surface area (Å²) in [6.45, 7) is 3.65. The molecule has 3 heteroatoms. The van der Waals surface area contributed by atoms with E-state index in [1.807, 2.05) is 0 Å². The number of hydrogen-bond acceptors (Lipinski definition) is 3. The van der Waals surface area contributed by atoms with Gasteiger partial charge in [-0.2, -0.15) is 5.26 Å². The maximum atomic E-state index is 11.2. The smallest absolute Gasteiger partial charge is 0.152 e. The van der Waals surface area contributed by atoms with Gasteiger partial charge in [0.25, 0.3) is 0 Å². The van der Waals surface area contributed by atoms with Crippen LogP contribution >= 0.6 is 0 Å². The van der Waals surface area contributed by atoms with Gasteiger partial charge in [0, 0.05) is 0 Å². The van der Waals surface area contributed by atoms with Crippen molar-refractivity contribution in [3.8, 4) is 6.07 Å².